The molecule has 1 aliphatic heterocycles. The first-order valence-corrected chi connectivity index (χ1v) is 15.6. The monoisotopic (exact) mass is 644 g/mol. The normalized spacial score (nSPS) is 20.7. The minimum Gasteiger partial charge on any atom is -0.493 e. The van der Waals surface area contributed by atoms with Crippen LogP contribution in [-0.2, 0) is 6.18 Å². The minimum atomic E-state index is -4.49. The van der Waals surface area contributed by atoms with E-state index in [1.807, 2.05) is 4.90 Å². The van der Waals surface area contributed by atoms with Gasteiger partial charge in [0.2, 0.25) is 5.75 Å². The van der Waals surface area contributed by atoms with E-state index in [1.165, 1.54) is 39.0 Å². The SMILES string of the molecule is COc1cc(C(=O)N(CCN2CCN(C(=O)Nc3cccc(C(F)(F)F)c3)CC2)CC2=CCC3CC2C3(C)C)cc(OC)c1OC. The number of urea groups is 1. The van der Waals surface area contributed by atoms with Crippen molar-refractivity contribution in [1.29, 1.82) is 0 Å². The summed E-state index contributed by atoms with van der Waals surface area (Å²) in [5.41, 5.74) is 1.24. The third kappa shape index (κ3) is 6.91. The van der Waals surface area contributed by atoms with Crippen molar-refractivity contribution < 1.29 is 37.0 Å². The number of alkyl halides is 3. The number of ether oxygens (including phenoxy) is 3. The highest BCUT2D eigenvalue weighted by Crippen LogP contribution is 2.59. The van der Waals surface area contributed by atoms with Crippen molar-refractivity contribution in [3.05, 3.63) is 59.2 Å². The number of piperazine rings is 1. The molecule has 0 aromatic heterocycles. The third-order valence-corrected chi connectivity index (χ3v) is 9.94. The maximum absolute atomic E-state index is 14.1. The van der Waals surface area contributed by atoms with Crippen molar-refractivity contribution in [2.75, 3.05) is 72.5 Å². The highest BCUT2D eigenvalue weighted by Gasteiger charge is 2.51. The largest absolute Gasteiger partial charge is 0.493 e. The van der Waals surface area contributed by atoms with E-state index in [0.717, 1.165) is 25.0 Å². The van der Waals surface area contributed by atoms with Gasteiger partial charge in [0, 0.05) is 57.1 Å². The average Bonchev–Trinajstić information content (AvgIpc) is 3.05. The molecule has 1 heterocycles. The van der Waals surface area contributed by atoms with Crippen LogP contribution in [-0.4, -0.2) is 93.8 Å². The number of amides is 3. The summed E-state index contributed by atoms with van der Waals surface area (Å²) in [6.07, 6.45) is -0.0103. The quantitative estimate of drug-likeness (QED) is 0.319. The molecule has 2 unspecified atom stereocenters. The smallest absolute Gasteiger partial charge is 0.416 e. The van der Waals surface area contributed by atoms with Gasteiger partial charge in [-0.1, -0.05) is 31.6 Å². The highest BCUT2D eigenvalue weighted by atomic mass is 19.4. The molecular weight excluding hydrogens is 601 g/mol. The summed E-state index contributed by atoms with van der Waals surface area (Å²) < 4.78 is 55.7. The van der Waals surface area contributed by atoms with Gasteiger partial charge in [-0.25, -0.2) is 4.79 Å². The molecule has 2 aromatic rings. The first-order chi connectivity index (χ1) is 21.8. The molecule has 3 amide bonds. The molecule has 12 heteroatoms. The Bertz CT molecular complexity index is 1440. The highest BCUT2D eigenvalue weighted by molar-refractivity contribution is 5.96. The lowest BCUT2D eigenvalue weighted by molar-refractivity contribution is -0.137. The van der Waals surface area contributed by atoms with Gasteiger partial charge in [-0.05, 0) is 60.4 Å². The molecule has 4 aliphatic rings. The number of hydrogen-bond acceptors (Lipinski definition) is 6. The molecule has 9 nitrogen and oxygen atoms in total. The van der Waals surface area contributed by atoms with Crippen molar-refractivity contribution in [3.63, 3.8) is 0 Å². The number of allylic oxidation sites excluding steroid dienone is 1. The van der Waals surface area contributed by atoms with Crippen LogP contribution < -0.4 is 19.5 Å². The van der Waals surface area contributed by atoms with E-state index in [4.69, 9.17) is 14.2 Å². The van der Waals surface area contributed by atoms with Crippen LogP contribution >= 0.6 is 0 Å². The number of methoxy groups -OCH3 is 3. The second-order valence-electron chi connectivity index (χ2n) is 12.8. The lowest BCUT2D eigenvalue weighted by atomic mass is 9.49. The first kappa shape index (κ1) is 33.4. The molecule has 1 N–H and O–H groups in total. The Labute approximate surface area is 268 Å². The van der Waals surface area contributed by atoms with E-state index in [0.29, 0.717) is 80.5 Å². The van der Waals surface area contributed by atoms with E-state index >= 15 is 0 Å². The maximum Gasteiger partial charge on any atom is 0.416 e. The van der Waals surface area contributed by atoms with Gasteiger partial charge in [0.05, 0.1) is 26.9 Å². The van der Waals surface area contributed by atoms with Crippen molar-refractivity contribution in [3.8, 4) is 17.2 Å². The van der Waals surface area contributed by atoms with E-state index in [1.54, 1.807) is 17.0 Å². The van der Waals surface area contributed by atoms with Crippen molar-refractivity contribution in [2.24, 2.45) is 17.3 Å². The maximum atomic E-state index is 14.1. The van der Waals surface area contributed by atoms with Gasteiger partial charge in [-0.2, -0.15) is 13.2 Å². The Hall–Kier alpha value is -3.93. The number of rotatable bonds is 10. The summed E-state index contributed by atoms with van der Waals surface area (Å²) >= 11 is 0. The zero-order valence-corrected chi connectivity index (χ0v) is 27.1. The predicted molar refractivity (Wildman–Crippen MR) is 169 cm³/mol. The number of halogens is 3. The van der Waals surface area contributed by atoms with Crippen LogP contribution in [0.25, 0.3) is 0 Å². The molecule has 2 aromatic carbocycles. The molecule has 3 aliphatic carbocycles. The Kier molecular flexibility index (Phi) is 9.76. The molecule has 2 atom stereocenters. The van der Waals surface area contributed by atoms with Gasteiger partial charge in [0.15, 0.2) is 11.5 Å². The van der Waals surface area contributed by atoms with E-state index in [-0.39, 0.29) is 17.0 Å². The topological polar surface area (TPSA) is 83.6 Å². The number of fused-ring (bicyclic) bond motifs is 1. The fourth-order valence-corrected chi connectivity index (χ4v) is 6.93. The lowest BCUT2D eigenvalue weighted by Gasteiger charge is -2.57. The Morgan fingerprint density at radius 2 is 1.67 bits per heavy atom. The van der Waals surface area contributed by atoms with Crippen LogP contribution in [0.15, 0.2) is 48.0 Å². The molecule has 250 valence electrons. The molecular formula is C34H43F3N4O5. The van der Waals surface area contributed by atoms with Gasteiger partial charge >= 0.3 is 12.2 Å². The van der Waals surface area contributed by atoms with E-state index in [2.05, 4.69) is 30.1 Å². The Morgan fingerprint density at radius 1 is 1.00 bits per heavy atom. The Morgan fingerprint density at radius 3 is 2.24 bits per heavy atom. The van der Waals surface area contributed by atoms with Crippen LogP contribution in [0.2, 0.25) is 0 Å². The van der Waals surface area contributed by atoms with Crippen LogP contribution in [0, 0.1) is 17.3 Å². The van der Waals surface area contributed by atoms with Crippen LogP contribution in [0.3, 0.4) is 0 Å². The number of carbonyl (C=O) groups is 2. The molecule has 1 saturated heterocycles. The molecule has 2 fully saturated rings. The number of anilines is 1. The van der Waals surface area contributed by atoms with Crippen molar-refractivity contribution >= 4 is 17.6 Å². The molecule has 0 radical (unpaired) electrons. The molecule has 2 bridgehead atoms. The number of carbonyl (C=O) groups excluding carboxylic acids is 2. The average molecular weight is 645 g/mol. The molecule has 46 heavy (non-hydrogen) atoms. The summed E-state index contributed by atoms with van der Waals surface area (Å²) in [6, 6.07) is 7.53. The van der Waals surface area contributed by atoms with Gasteiger partial charge < -0.3 is 29.3 Å². The second kappa shape index (κ2) is 13.4. The summed E-state index contributed by atoms with van der Waals surface area (Å²) in [4.78, 5) is 32.6. The van der Waals surface area contributed by atoms with Crippen LogP contribution in [0.1, 0.15) is 42.6 Å². The fraction of sp³-hybridized carbons (Fsp3) is 0.529. The zero-order chi connectivity index (χ0) is 33.2. The van der Waals surface area contributed by atoms with Crippen molar-refractivity contribution in [2.45, 2.75) is 32.9 Å². The molecule has 0 spiro atoms. The van der Waals surface area contributed by atoms with E-state index < -0.39 is 17.8 Å². The predicted octanol–water partition coefficient (Wildman–Crippen LogP) is 6.02. The van der Waals surface area contributed by atoms with Gasteiger partial charge in [0.25, 0.3) is 5.91 Å². The summed E-state index contributed by atoms with van der Waals surface area (Å²) in [7, 11) is 4.56. The first-order valence-electron chi connectivity index (χ1n) is 15.6. The number of nitrogens with zero attached hydrogens (tertiary/aromatic N) is 3. The van der Waals surface area contributed by atoms with Gasteiger partial charge in [0.1, 0.15) is 0 Å². The number of hydrogen-bond donors (Lipinski definition) is 1. The van der Waals surface area contributed by atoms with Crippen LogP contribution in [0.4, 0.5) is 23.7 Å². The van der Waals surface area contributed by atoms with E-state index in [9.17, 15) is 22.8 Å². The Balaban J connectivity index is 1.25. The summed E-state index contributed by atoms with van der Waals surface area (Å²) in [6.45, 7) is 8.19. The van der Waals surface area contributed by atoms with Gasteiger partial charge in [-0.3, -0.25) is 9.69 Å². The molecule has 6 rings (SSSR count). The summed E-state index contributed by atoms with van der Waals surface area (Å²) in [5.74, 6) is 2.22. The number of nitrogens with one attached hydrogen (secondary N) is 1. The third-order valence-electron chi connectivity index (χ3n) is 9.94. The number of benzene rings is 2. The standard InChI is InChI=1S/C34H43F3N4O5/c1-33(2)24-10-9-22(27(33)20-24)21-41(31(42)23-17-28(44-3)30(46-5)29(18-23)45-4)16-13-39-11-14-40(15-12-39)32(43)38-26-8-6-7-25(19-26)34(35,36)37/h6-9,17-19,24,27H,10-16,20-21H2,1-5H3,(H,38,43). The summed E-state index contributed by atoms with van der Waals surface area (Å²) in [5, 5.41) is 2.59. The second-order valence-corrected chi connectivity index (χ2v) is 12.8. The minimum absolute atomic E-state index is 0.0983. The zero-order valence-electron chi connectivity index (χ0n) is 27.1. The van der Waals surface area contributed by atoms with Crippen molar-refractivity contribution in [1.82, 2.24) is 14.7 Å². The fourth-order valence-electron chi connectivity index (χ4n) is 6.93. The molecule has 1 saturated carbocycles. The van der Waals surface area contributed by atoms with Gasteiger partial charge in [-0.15, -0.1) is 0 Å². The lowest BCUT2D eigenvalue weighted by Crippen LogP contribution is -2.52. The van der Waals surface area contributed by atoms with Crippen LogP contribution in [0.5, 0.6) is 17.2 Å².